The molecule has 0 aliphatic heterocycles. The molecule has 2 aromatic rings. The number of nitrogens with zero attached hydrogens (tertiary/aromatic N) is 2. The lowest BCUT2D eigenvalue weighted by Gasteiger charge is -2.14. The Morgan fingerprint density at radius 1 is 1.27 bits per heavy atom. The second-order valence-electron chi connectivity index (χ2n) is 4.32. The molecule has 0 heterocycles. The van der Waals surface area contributed by atoms with Crippen molar-refractivity contribution in [1.82, 2.24) is 0 Å². The van der Waals surface area contributed by atoms with E-state index in [9.17, 15) is 14.3 Å². The summed E-state index contributed by atoms with van der Waals surface area (Å²) in [6.45, 7) is 0. The molecule has 2 aromatic carbocycles. The maximum atomic E-state index is 11.0. The van der Waals surface area contributed by atoms with E-state index < -0.39 is 16.2 Å². The Hall–Kier alpha value is -2.16. The lowest BCUT2D eigenvalue weighted by Crippen LogP contribution is -2.18. The van der Waals surface area contributed by atoms with E-state index in [4.69, 9.17) is 16.2 Å². The Morgan fingerprint density at radius 3 is 2.45 bits per heavy atom. The number of nitrogens with one attached hydrogen (secondary N) is 1. The highest BCUT2D eigenvalue weighted by Crippen LogP contribution is 2.30. The van der Waals surface area contributed by atoms with Crippen molar-refractivity contribution in [2.75, 3.05) is 16.7 Å². The standard InChI is InChI=1S/C13H12ClN3O4S/c1-16(22(20)21)11-5-3-10(4-6-11)15-12-7-2-9(14)8-13(12)17(18)19/h2-8,15H,1H3,(H,20,21). The Bertz CT molecular complexity index is 724. The number of hydrogen-bond donors (Lipinski definition) is 2. The zero-order chi connectivity index (χ0) is 16.3. The molecule has 0 saturated carbocycles. The zero-order valence-electron chi connectivity index (χ0n) is 11.4. The molecular formula is C13H12ClN3O4S. The first-order valence-electron chi connectivity index (χ1n) is 6.04. The van der Waals surface area contributed by atoms with Gasteiger partial charge < -0.3 is 5.32 Å². The third kappa shape index (κ3) is 3.73. The Labute approximate surface area is 134 Å². The van der Waals surface area contributed by atoms with Crippen LogP contribution < -0.4 is 9.62 Å². The number of benzene rings is 2. The zero-order valence-corrected chi connectivity index (χ0v) is 13.0. The van der Waals surface area contributed by atoms with Crippen molar-refractivity contribution in [3.63, 3.8) is 0 Å². The van der Waals surface area contributed by atoms with Crippen molar-refractivity contribution >= 4 is 45.6 Å². The molecule has 22 heavy (non-hydrogen) atoms. The van der Waals surface area contributed by atoms with Gasteiger partial charge >= 0.3 is 0 Å². The molecule has 0 aromatic heterocycles. The van der Waals surface area contributed by atoms with Gasteiger partial charge in [-0.05, 0) is 36.4 Å². The fraction of sp³-hybridized carbons (Fsp3) is 0.0769. The molecular weight excluding hydrogens is 330 g/mol. The van der Waals surface area contributed by atoms with Crippen LogP contribution in [-0.2, 0) is 11.3 Å². The van der Waals surface area contributed by atoms with Crippen molar-refractivity contribution in [2.45, 2.75) is 0 Å². The van der Waals surface area contributed by atoms with Crippen LogP contribution in [0.5, 0.6) is 0 Å². The first kappa shape index (κ1) is 16.2. The van der Waals surface area contributed by atoms with E-state index in [2.05, 4.69) is 5.32 Å². The summed E-state index contributed by atoms with van der Waals surface area (Å²) in [4.78, 5) is 10.5. The normalized spacial score (nSPS) is 11.8. The smallest absolute Gasteiger partial charge is 0.294 e. The van der Waals surface area contributed by atoms with Crippen LogP contribution in [0.25, 0.3) is 0 Å². The fourth-order valence-corrected chi connectivity index (χ4v) is 2.23. The largest absolute Gasteiger partial charge is 0.350 e. The van der Waals surface area contributed by atoms with Gasteiger partial charge in [0, 0.05) is 23.8 Å². The first-order valence-corrected chi connectivity index (χ1v) is 7.48. The van der Waals surface area contributed by atoms with Gasteiger partial charge in [-0.25, -0.2) is 4.21 Å². The predicted molar refractivity (Wildman–Crippen MR) is 87.0 cm³/mol. The quantitative estimate of drug-likeness (QED) is 0.492. The minimum atomic E-state index is -2.11. The highest BCUT2D eigenvalue weighted by molar-refractivity contribution is 7.80. The van der Waals surface area contributed by atoms with E-state index in [1.165, 1.54) is 23.5 Å². The van der Waals surface area contributed by atoms with E-state index in [1.807, 2.05) is 0 Å². The topological polar surface area (TPSA) is 95.7 Å². The van der Waals surface area contributed by atoms with E-state index in [0.29, 0.717) is 17.1 Å². The molecule has 7 nitrogen and oxygen atoms in total. The molecule has 0 saturated heterocycles. The number of anilines is 3. The average Bonchev–Trinajstić information content (AvgIpc) is 2.48. The van der Waals surface area contributed by atoms with Crippen LogP contribution in [0, 0.1) is 10.1 Å². The van der Waals surface area contributed by atoms with Gasteiger partial charge in [0.2, 0.25) is 0 Å². The Kier molecular flexibility index (Phi) is 4.96. The molecule has 1 atom stereocenters. The molecule has 2 N–H and O–H groups in total. The monoisotopic (exact) mass is 341 g/mol. The van der Waals surface area contributed by atoms with Crippen LogP contribution in [0.3, 0.4) is 0 Å². The van der Waals surface area contributed by atoms with Gasteiger partial charge in [0.15, 0.2) is 0 Å². The SMILES string of the molecule is CN(c1ccc(Nc2ccc(Cl)cc2[N+](=O)[O-])cc1)S(=O)O. The molecule has 0 spiro atoms. The molecule has 0 radical (unpaired) electrons. The van der Waals surface area contributed by atoms with Crippen molar-refractivity contribution in [2.24, 2.45) is 0 Å². The number of halogens is 1. The van der Waals surface area contributed by atoms with Gasteiger partial charge in [-0.1, -0.05) is 11.6 Å². The summed E-state index contributed by atoms with van der Waals surface area (Å²) in [5, 5.41) is 14.2. The predicted octanol–water partition coefficient (Wildman–Crippen LogP) is 3.56. The second kappa shape index (κ2) is 6.73. The van der Waals surface area contributed by atoms with Crippen LogP contribution in [0.2, 0.25) is 5.02 Å². The molecule has 116 valence electrons. The summed E-state index contributed by atoms with van der Waals surface area (Å²) in [6, 6.07) is 10.9. The van der Waals surface area contributed by atoms with Crippen molar-refractivity contribution in [3.8, 4) is 0 Å². The van der Waals surface area contributed by atoms with Gasteiger partial charge in [0.25, 0.3) is 17.0 Å². The van der Waals surface area contributed by atoms with E-state index >= 15 is 0 Å². The third-order valence-electron chi connectivity index (χ3n) is 2.90. The molecule has 0 bridgehead atoms. The summed E-state index contributed by atoms with van der Waals surface area (Å²) in [6.07, 6.45) is 0. The number of rotatable bonds is 5. The molecule has 1 unspecified atom stereocenters. The van der Waals surface area contributed by atoms with E-state index in [-0.39, 0.29) is 10.7 Å². The molecule has 0 aliphatic rings. The number of nitro groups is 1. The molecule has 9 heteroatoms. The van der Waals surface area contributed by atoms with Crippen LogP contribution in [-0.4, -0.2) is 20.7 Å². The van der Waals surface area contributed by atoms with Crippen molar-refractivity contribution < 1.29 is 13.7 Å². The molecule has 0 aliphatic carbocycles. The van der Waals surface area contributed by atoms with Crippen molar-refractivity contribution in [1.29, 1.82) is 0 Å². The summed E-state index contributed by atoms with van der Waals surface area (Å²) in [7, 11) is 1.47. The van der Waals surface area contributed by atoms with E-state index in [0.717, 1.165) is 0 Å². The Balaban J connectivity index is 2.25. The molecule has 0 fully saturated rings. The lowest BCUT2D eigenvalue weighted by molar-refractivity contribution is -0.383. The molecule has 2 rings (SSSR count). The maximum absolute atomic E-state index is 11.0. The minimum Gasteiger partial charge on any atom is -0.350 e. The molecule has 0 amide bonds. The fourth-order valence-electron chi connectivity index (χ4n) is 1.76. The maximum Gasteiger partial charge on any atom is 0.294 e. The van der Waals surface area contributed by atoms with Gasteiger partial charge in [0.1, 0.15) is 5.69 Å². The van der Waals surface area contributed by atoms with Crippen LogP contribution >= 0.6 is 11.6 Å². The summed E-state index contributed by atoms with van der Waals surface area (Å²) in [5.74, 6) is 0. The highest BCUT2D eigenvalue weighted by atomic mass is 35.5. The lowest BCUT2D eigenvalue weighted by atomic mass is 10.2. The average molecular weight is 342 g/mol. The van der Waals surface area contributed by atoms with Crippen LogP contribution in [0.1, 0.15) is 0 Å². The van der Waals surface area contributed by atoms with Gasteiger partial charge in [0.05, 0.1) is 10.6 Å². The van der Waals surface area contributed by atoms with Gasteiger partial charge in [-0.15, -0.1) is 0 Å². The van der Waals surface area contributed by atoms with Gasteiger partial charge in [-0.3, -0.25) is 19.0 Å². The van der Waals surface area contributed by atoms with Crippen LogP contribution in [0.4, 0.5) is 22.7 Å². The number of hydrogen-bond acceptors (Lipinski definition) is 4. The van der Waals surface area contributed by atoms with Crippen LogP contribution in [0.15, 0.2) is 42.5 Å². The Morgan fingerprint density at radius 2 is 1.91 bits per heavy atom. The summed E-state index contributed by atoms with van der Waals surface area (Å²) < 4.78 is 21.1. The first-order chi connectivity index (χ1) is 10.4. The van der Waals surface area contributed by atoms with Crippen molar-refractivity contribution in [3.05, 3.63) is 57.6 Å². The van der Waals surface area contributed by atoms with E-state index in [1.54, 1.807) is 30.3 Å². The minimum absolute atomic E-state index is 0.134. The number of nitro benzene ring substituents is 1. The highest BCUT2D eigenvalue weighted by Gasteiger charge is 2.14. The summed E-state index contributed by atoms with van der Waals surface area (Å²) in [5.41, 5.74) is 1.31. The second-order valence-corrected chi connectivity index (χ2v) is 5.76. The van der Waals surface area contributed by atoms with Gasteiger partial charge in [-0.2, -0.15) is 0 Å². The summed E-state index contributed by atoms with van der Waals surface area (Å²) >= 11 is 3.65. The third-order valence-corrected chi connectivity index (χ3v) is 3.82.